The van der Waals surface area contributed by atoms with E-state index in [9.17, 15) is 8.42 Å². The molecule has 0 atom stereocenters. The van der Waals surface area contributed by atoms with Gasteiger partial charge in [-0.05, 0) is 24.3 Å². The van der Waals surface area contributed by atoms with Crippen LogP contribution in [0.2, 0.25) is 0 Å². The molecule has 0 amide bonds. The molecule has 0 heterocycles. The molecule has 0 spiro atoms. The van der Waals surface area contributed by atoms with Crippen molar-refractivity contribution in [2.24, 2.45) is 0 Å². The summed E-state index contributed by atoms with van der Waals surface area (Å²) < 4.78 is 22.7. The van der Waals surface area contributed by atoms with Gasteiger partial charge in [0.2, 0.25) is 0 Å². The summed E-state index contributed by atoms with van der Waals surface area (Å²) in [5.41, 5.74) is 0. The Balaban J connectivity index is 0.000000671. The minimum absolute atomic E-state index is 0.348. The van der Waals surface area contributed by atoms with Crippen LogP contribution in [-0.4, -0.2) is 14.7 Å². The predicted octanol–water partition coefficient (Wildman–Crippen LogP) is 2.88. The topological polar surface area (TPSA) is 34.1 Å². The Morgan fingerprint density at radius 1 is 1.08 bits per heavy atom. The Kier molecular flexibility index (Phi) is 5.25. The van der Waals surface area contributed by atoms with Crippen LogP contribution in [0.15, 0.2) is 33.6 Å². The summed E-state index contributed by atoms with van der Waals surface area (Å²) in [7, 11) is -3.04. The molecule has 0 saturated heterocycles. The van der Waals surface area contributed by atoms with E-state index in [0.29, 0.717) is 4.90 Å². The number of halogens is 1. The van der Waals surface area contributed by atoms with Crippen LogP contribution in [0.3, 0.4) is 0 Å². The molecule has 4 heteroatoms. The standard InChI is InChI=1S/C7H7BrO2S.C2H6/c1-11(9,10)7-4-2-6(8)3-5-7;1-2/h2-5H,1H3;1-2H3. The van der Waals surface area contributed by atoms with Crippen LogP contribution in [0.1, 0.15) is 13.8 Å². The first kappa shape index (κ1) is 12.7. The van der Waals surface area contributed by atoms with E-state index < -0.39 is 9.84 Å². The Morgan fingerprint density at radius 2 is 1.46 bits per heavy atom. The van der Waals surface area contributed by atoms with Gasteiger partial charge in [0.15, 0.2) is 9.84 Å². The Labute approximate surface area is 88.0 Å². The van der Waals surface area contributed by atoms with Gasteiger partial charge < -0.3 is 0 Å². The summed E-state index contributed by atoms with van der Waals surface area (Å²) in [6.07, 6.45) is 1.19. The third-order valence-corrected chi connectivity index (χ3v) is 2.90. The molecule has 2 nitrogen and oxygen atoms in total. The molecule has 1 aromatic rings. The molecule has 74 valence electrons. The maximum absolute atomic E-state index is 10.9. The van der Waals surface area contributed by atoms with E-state index in [2.05, 4.69) is 15.9 Å². The zero-order valence-electron chi connectivity index (χ0n) is 7.91. The SMILES string of the molecule is CC.CS(=O)(=O)c1ccc(Br)cc1. The third-order valence-electron chi connectivity index (χ3n) is 1.24. The van der Waals surface area contributed by atoms with Gasteiger partial charge in [-0.15, -0.1) is 0 Å². The van der Waals surface area contributed by atoms with E-state index in [0.717, 1.165) is 4.47 Å². The molecule has 0 bridgehead atoms. The van der Waals surface area contributed by atoms with E-state index >= 15 is 0 Å². The zero-order chi connectivity index (χ0) is 10.5. The summed E-state index contributed by atoms with van der Waals surface area (Å²) in [4.78, 5) is 0.348. The van der Waals surface area contributed by atoms with Crippen molar-refractivity contribution in [3.63, 3.8) is 0 Å². The van der Waals surface area contributed by atoms with Crippen LogP contribution in [0.5, 0.6) is 0 Å². The first-order valence-corrected chi connectivity index (χ1v) is 6.64. The summed E-state index contributed by atoms with van der Waals surface area (Å²) in [5, 5.41) is 0. The quantitative estimate of drug-likeness (QED) is 0.782. The van der Waals surface area contributed by atoms with E-state index in [1.807, 2.05) is 13.8 Å². The van der Waals surface area contributed by atoms with Crippen molar-refractivity contribution in [1.29, 1.82) is 0 Å². The van der Waals surface area contributed by atoms with Crippen molar-refractivity contribution in [2.45, 2.75) is 18.7 Å². The van der Waals surface area contributed by atoms with Gasteiger partial charge >= 0.3 is 0 Å². The number of hydrogen-bond acceptors (Lipinski definition) is 2. The molecule has 0 aliphatic carbocycles. The fourth-order valence-electron chi connectivity index (χ4n) is 0.682. The molecule has 0 aliphatic rings. The Bertz CT molecular complexity index is 340. The molecule has 0 fully saturated rings. The molecule has 0 aromatic heterocycles. The maximum Gasteiger partial charge on any atom is 0.175 e. The van der Waals surface area contributed by atoms with Gasteiger partial charge in [0.1, 0.15) is 0 Å². The minimum Gasteiger partial charge on any atom is -0.224 e. The molecule has 0 saturated carbocycles. The highest BCUT2D eigenvalue weighted by Crippen LogP contribution is 2.13. The van der Waals surface area contributed by atoms with Crippen molar-refractivity contribution in [3.8, 4) is 0 Å². The number of sulfone groups is 1. The van der Waals surface area contributed by atoms with Crippen molar-refractivity contribution >= 4 is 25.8 Å². The van der Waals surface area contributed by atoms with Gasteiger partial charge in [-0.2, -0.15) is 0 Å². The smallest absolute Gasteiger partial charge is 0.175 e. The monoisotopic (exact) mass is 264 g/mol. The molecule has 0 N–H and O–H groups in total. The van der Waals surface area contributed by atoms with E-state index in [1.165, 1.54) is 6.26 Å². The van der Waals surface area contributed by atoms with Crippen LogP contribution in [0, 0.1) is 0 Å². The van der Waals surface area contributed by atoms with E-state index in [4.69, 9.17) is 0 Å². The first-order chi connectivity index (χ1) is 6.00. The van der Waals surface area contributed by atoms with Crippen LogP contribution in [0.4, 0.5) is 0 Å². The van der Waals surface area contributed by atoms with Crippen LogP contribution in [-0.2, 0) is 9.84 Å². The van der Waals surface area contributed by atoms with Gasteiger partial charge in [-0.25, -0.2) is 8.42 Å². The van der Waals surface area contributed by atoms with Gasteiger partial charge in [-0.3, -0.25) is 0 Å². The minimum atomic E-state index is -3.04. The van der Waals surface area contributed by atoms with E-state index in [-0.39, 0.29) is 0 Å². The second-order valence-electron chi connectivity index (χ2n) is 2.23. The molecule has 0 aliphatic heterocycles. The van der Waals surface area contributed by atoms with Crippen molar-refractivity contribution in [1.82, 2.24) is 0 Å². The molecule has 13 heavy (non-hydrogen) atoms. The predicted molar refractivity (Wildman–Crippen MR) is 58.6 cm³/mol. The summed E-state index contributed by atoms with van der Waals surface area (Å²) >= 11 is 3.22. The highest BCUT2D eigenvalue weighted by atomic mass is 79.9. The second-order valence-corrected chi connectivity index (χ2v) is 5.16. The van der Waals surface area contributed by atoms with Gasteiger partial charge in [-0.1, -0.05) is 29.8 Å². The zero-order valence-corrected chi connectivity index (χ0v) is 10.3. The van der Waals surface area contributed by atoms with Gasteiger partial charge in [0.25, 0.3) is 0 Å². The molecule has 1 rings (SSSR count). The average molecular weight is 265 g/mol. The van der Waals surface area contributed by atoms with Gasteiger partial charge in [0, 0.05) is 10.7 Å². The molecular weight excluding hydrogens is 252 g/mol. The largest absolute Gasteiger partial charge is 0.224 e. The van der Waals surface area contributed by atoms with Gasteiger partial charge in [0.05, 0.1) is 4.90 Å². The molecule has 0 radical (unpaired) electrons. The van der Waals surface area contributed by atoms with Crippen LogP contribution in [0.25, 0.3) is 0 Å². The van der Waals surface area contributed by atoms with Crippen molar-refractivity contribution in [2.75, 3.05) is 6.26 Å². The Morgan fingerprint density at radius 3 is 1.77 bits per heavy atom. The lowest BCUT2D eigenvalue weighted by atomic mass is 10.4. The number of hydrogen-bond donors (Lipinski definition) is 0. The van der Waals surface area contributed by atoms with Crippen LogP contribution >= 0.6 is 15.9 Å². The van der Waals surface area contributed by atoms with Crippen molar-refractivity contribution < 1.29 is 8.42 Å². The lowest BCUT2D eigenvalue weighted by molar-refractivity contribution is 0.602. The Hall–Kier alpha value is -0.350. The summed E-state index contributed by atoms with van der Waals surface area (Å²) in [6, 6.07) is 6.55. The average Bonchev–Trinajstić information content (AvgIpc) is 2.07. The molecule has 0 unspecified atom stereocenters. The fraction of sp³-hybridized carbons (Fsp3) is 0.333. The maximum atomic E-state index is 10.9. The lowest BCUT2D eigenvalue weighted by Gasteiger charge is -1.96. The first-order valence-electron chi connectivity index (χ1n) is 3.96. The third kappa shape index (κ3) is 4.43. The molecule has 1 aromatic carbocycles. The lowest BCUT2D eigenvalue weighted by Crippen LogP contribution is -1.95. The summed E-state index contributed by atoms with van der Waals surface area (Å²) in [6.45, 7) is 4.00. The number of benzene rings is 1. The van der Waals surface area contributed by atoms with E-state index in [1.54, 1.807) is 24.3 Å². The highest BCUT2D eigenvalue weighted by molar-refractivity contribution is 9.10. The normalized spacial score (nSPS) is 10.2. The highest BCUT2D eigenvalue weighted by Gasteiger charge is 2.04. The summed E-state index contributed by atoms with van der Waals surface area (Å²) in [5.74, 6) is 0. The second kappa shape index (κ2) is 5.40. The van der Waals surface area contributed by atoms with Crippen LogP contribution < -0.4 is 0 Å². The fourth-order valence-corrected chi connectivity index (χ4v) is 1.58. The molecular formula is C9H13BrO2S. The number of rotatable bonds is 1. The van der Waals surface area contributed by atoms with Crippen molar-refractivity contribution in [3.05, 3.63) is 28.7 Å².